The highest BCUT2D eigenvalue weighted by Crippen LogP contribution is 2.36. The van der Waals surface area contributed by atoms with Crippen LogP contribution in [0.15, 0.2) is 36.9 Å². The summed E-state index contributed by atoms with van der Waals surface area (Å²) in [6, 6.07) is 6.52. The largest absolute Gasteiger partial charge is 0.463 e. The average molecular weight is 517 g/mol. The van der Waals surface area contributed by atoms with Gasteiger partial charge in [-0.1, -0.05) is 23.7 Å². The molecule has 12 nitrogen and oxygen atoms in total. The van der Waals surface area contributed by atoms with Crippen LogP contribution in [-0.4, -0.2) is 68.1 Å². The van der Waals surface area contributed by atoms with Crippen LogP contribution < -0.4 is 0 Å². The first kappa shape index (κ1) is 25.2. The number of nitrogens with zero attached hydrogens (tertiary/aromatic N) is 4. The molecule has 36 heavy (non-hydrogen) atoms. The summed E-state index contributed by atoms with van der Waals surface area (Å²) in [5.41, 5.74) is 0.583. The zero-order valence-corrected chi connectivity index (χ0v) is 20.2. The van der Waals surface area contributed by atoms with Gasteiger partial charge in [0.15, 0.2) is 24.1 Å². The Morgan fingerprint density at radius 2 is 1.67 bits per heavy atom. The van der Waals surface area contributed by atoms with Crippen LogP contribution >= 0.6 is 11.6 Å². The van der Waals surface area contributed by atoms with Crippen LogP contribution in [0, 0.1) is 0 Å². The molecule has 0 bridgehead atoms. The Labute approximate surface area is 209 Å². The SMILES string of the molecule is CC(=O)OC[C@H]1O[C@@H](n2cnc3c(C(=O)c4ccccc4Cl)ncnc32)[C@H](OC(C)=O)[C@@H]1OC(C)=O. The number of aromatic nitrogens is 4. The second-order valence-corrected chi connectivity index (χ2v) is 8.28. The van der Waals surface area contributed by atoms with Gasteiger partial charge in [-0.2, -0.15) is 0 Å². The molecule has 188 valence electrons. The van der Waals surface area contributed by atoms with Crippen LogP contribution in [0.1, 0.15) is 43.1 Å². The zero-order chi connectivity index (χ0) is 26.0. The zero-order valence-electron chi connectivity index (χ0n) is 19.4. The van der Waals surface area contributed by atoms with E-state index in [0.717, 1.165) is 0 Å². The first-order valence-electron chi connectivity index (χ1n) is 10.8. The van der Waals surface area contributed by atoms with Gasteiger partial charge >= 0.3 is 17.9 Å². The van der Waals surface area contributed by atoms with E-state index in [0.29, 0.717) is 0 Å². The van der Waals surface area contributed by atoms with E-state index in [-0.39, 0.29) is 34.1 Å². The molecule has 0 aliphatic carbocycles. The van der Waals surface area contributed by atoms with E-state index in [2.05, 4.69) is 15.0 Å². The van der Waals surface area contributed by atoms with Crippen LogP contribution in [0.3, 0.4) is 0 Å². The fraction of sp³-hybridized carbons (Fsp3) is 0.348. The molecule has 1 saturated heterocycles. The highest BCUT2D eigenvalue weighted by Gasteiger charge is 2.51. The van der Waals surface area contributed by atoms with E-state index in [1.807, 2.05) is 0 Å². The molecule has 2 aromatic heterocycles. The molecule has 1 fully saturated rings. The number of hydrogen-bond acceptors (Lipinski definition) is 11. The van der Waals surface area contributed by atoms with Crippen molar-refractivity contribution in [2.75, 3.05) is 6.61 Å². The third kappa shape index (κ3) is 5.04. The first-order valence-corrected chi connectivity index (χ1v) is 11.1. The molecule has 1 aromatic carbocycles. The lowest BCUT2D eigenvalue weighted by Crippen LogP contribution is -2.40. The summed E-state index contributed by atoms with van der Waals surface area (Å²) < 4.78 is 23.3. The molecule has 4 atom stereocenters. The van der Waals surface area contributed by atoms with Crippen LogP contribution in [0.4, 0.5) is 0 Å². The van der Waals surface area contributed by atoms with Crippen molar-refractivity contribution < 1.29 is 38.1 Å². The third-order valence-electron chi connectivity index (χ3n) is 5.31. The molecule has 0 unspecified atom stereocenters. The van der Waals surface area contributed by atoms with Gasteiger partial charge in [0.05, 0.1) is 11.3 Å². The number of ketones is 1. The van der Waals surface area contributed by atoms with E-state index < -0.39 is 48.2 Å². The minimum absolute atomic E-state index is 0.00174. The Kier molecular flexibility index (Phi) is 7.27. The minimum Gasteiger partial charge on any atom is -0.463 e. The predicted octanol–water partition coefficient (Wildman–Crippen LogP) is 2.03. The Balaban J connectivity index is 1.76. The summed E-state index contributed by atoms with van der Waals surface area (Å²) in [6.07, 6.45) is -1.76. The number of hydrogen-bond donors (Lipinski definition) is 0. The second-order valence-electron chi connectivity index (χ2n) is 7.87. The maximum atomic E-state index is 13.2. The van der Waals surface area contributed by atoms with Gasteiger partial charge in [-0.3, -0.25) is 23.7 Å². The number of carbonyl (C=O) groups excluding carboxylic acids is 4. The summed E-state index contributed by atoms with van der Waals surface area (Å²) in [5, 5.41) is 0.250. The van der Waals surface area contributed by atoms with Crippen LogP contribution in [0.25, 0.3) is 11.2 Å². The van der Waals surface area contributed by atoms with E-state index in [9.17, 15) is 19.2 Å². The van der Waals surface area contributed by atoms with Gasteiger partial charge in [-0.25, -0.2) is 15.0 Å². The summed E-state index contributed by atoms with van der Waals surface area (Å²) in [6.45, 7) is 3.33. The van der Waals surface area contributed by atoms with Crippen molar-refractivity contribution in [2.45, 2.75) is 45.3 Å². The van der Waals surface area contributed by atoms with Crippen LogP contribution in [0.2, 0.25) is 5.02 Å². The topological polar surface area (TPSA) is 149 Å². The molecule has 13 heteroatoms. The molecule has 4 rings (SSSR count). The Morgan fingerprint density at radius 3 is 2.33 bits per heavy atom. The number of esters is 3. The van der Waals surface area contributed by atoms with Gasteiger partial charge in [0.1, 0.15) is 30.2 Å². The standard InChI is InChI=1S/C23H21ClN4O8/c1-11(29)33-8-16-20(34-12(2)30)21(35-13(3)31)23(36-16)28-10-27-18-17(25-9-26-22(18)28)19(32)14-6-4-5-7-15(14)24/h4-7,9-10,16,20-21,23H,8H2,1-3H3/t16-,20-,21-,23-/m1/s1. The number of ether oxygens (including phenoxy) is 4. The smallest absolute Gasteiger partial charge is 0.303 e. The van der Waals surface area contributed by atoms with Crippen molar-refractivity contribution in [1.29, 1.82) is 0 Å². The molecule has 1 aliphatic rings. The number of rotatable bonds is 7. The maximum Gasteiger partial charge on any atom is 0.303 e. The second kappa shape index (κ2) is 10.4. The lowest BCUT2D eigenvalue weighted by molar-refractivity contribution is -0.166. The highest BCUT2D eigenvalue weighted by atomic mass is 35.5. The maximum absolute atomic E-state index is 13.2. The summed E-state index contributed by atoms with van der Waals surface area (Å²) in [7, 11) is 0. The molecule has 0 saturated carbocycles. The number of fused-ring (bicyclic) bond motifs is 1. The lowest BCUT2D eigenvalue weighted by Gasteiger charge is -2.23. The number of halogens is 1. The molecular formula is C23H21ClN4O8. The van der Waals surface area contributed by atoms with Crippen molar-refractivity contribution >= 4 is 46.5 Å². The molecule has 3 heterocycles. The Morgan fingerprint density at radius 1 is 0.972 bits per heavy atom. The quantitative estimate of drug-likeness (QED) is 0.258. The highest BCUT2D eigenvalue weighted by molar-refractivity contribution is 6.35. The van der Waals surface area contributed by atoms with Gasteiger partial charge < -0.3 is 18.9 Å². The Bertz CT molecular complexity index is 1340. The molecule has 0 spiro atoms. The molecule has 0 amide bonds. The summed E-state index contributed by atoms with van der Waals surface area (Å²) >= 11 is 6.19. The lowest BCUT2D eigenvalue weighted by atomic mass is 10.1. The summed E-state index contributed by atoms with van der Waals surface area (Å²) in [5.74, 6) is -2.35. The van der Waals surface area contributed by atoms with Crippen LogP contribution in [0.5, 0.6) is 0 Å². The predicted molar refractivity (Wildman–Crippen MR) is 122 cm³/mol. The van der Waals surface area contributed by atoms with Gasteiger partial charge in [-0.15, -0.1) is 0 Å². The first-order chi connectivity index (χ1) is 17.2. The fourth-order valence-corrected chi connectivity index (χ4v) is 4.12. The molecule has 0 N–H and O–H groups in total. The minimum atomic E-state index is -1.14. The van der Waals surface area contributed by atoms with Crippen molar-refractivity contribution in [3.63, 3.8) is 0 Å². The van der Waals surface area contributed by atoms with Gasteiger partial charge in [0.25, 0.3) is 0 Å². The molecule has 0 radical (unpaired) electrons. The van der Waals surface area contributed by atoms with E-state index >= 15 is 0 Å². The number of carbonyl (C=O) groups is 4. The monoisotopic (exact) mass is 516 g/mol. The molecule has 1 aliphatic heterocycles. The van der Waals surface area contributed by atoms with E-state index in [4.69, 9.17) is 30.5 Å². The van der Waals surface area contributed by atoms with E-state index in [1.54, 1.807) is 24.3 Å². The van der Waals surface area contributed by atoms with Crippen molar-refractivity contribution in [2.24, 2.45) is 0 Å². The van der Waals surface area contributed by atoms with Crippen molar-refractivity contribution in [1.82, 2.24) is 19.5 Å². The van der Waals surface area contributed by atoms with Crippen molar-refractivity contribution in [3.05, 3.63) is 53.2 Å². The normalized spacial score (nSPS) is 21.2. The molecular weight excluding hydrogens is 496 g/mol. The fourth-order valence-electron chi connectivity index (χ4n) is 3.89. The Hall–Kier alpha value is -3.90. The van der Waals surface area contributed by atoms with Crippen LogP contribution in [-0.2, 0) is 33.3 Å². The van der Waals surface area contributed by atoms with Gasteiger partial charge in [0, 0.05) is 26.3 Å². The summed E-state index contributed by atoms with van der Waals surface area (Å²) in [4.78, 5) is 60.9. The van der Waals surface area contributed by atoms with Crippen molar-refractivity contribution in [3.8, 4) is 0 Å². The third-order valence-corrected chi connectivity index (χ3v) is 5.64. The molecule has 3 aromatic rings. The number of imidazole rings is 1. The average Bonchev–Trinajstić information content (AvgIpc) is 3.38. The van der Waals surface area contributed by atoms with Gasteiger partial charge in [-0.05, 0) is 12.1 Å². The number of benzene rings is 1. The van der Waals surface area contributed by atoms with E-state index in [1.165, 1.54) is 38.0 Å². The van der Waals surface area contributed by atoms with Gasteiger partial charge in [0.2, 0.25) is 5.78 Å².